The fraction of sp³-hybridized carbons (Fsp3) is 0.467. The molecular weight excluding hydrogens is 316 g/mol. The van der Waals surface area contributed by atoms with Crippen molar-refractivity contribution in [2.45, 2.75) is 26.7 Å². The van der Waals surface area contributed by atoms with Crippen LogP contribution in [0.3, 0.4) is 0 Å². The zero-order valence-corrected chi connectivity index (χ0v) is 14.1. The van der Waals surface area contributed by atoms with E-state index >= 15 is 0 Å². The first-order valence-corrected chi connectivity index (χ1v) is 7.97. The Hall–Kier alpha value is -2.15. The number of nitrogens with one attached hydrogen (secondary N) is 2. The molecule has 2 aromatic heterocycles. The molecule has 23 heavy (non-hydrogen) atoms. The monoisotopic (exact) mass is 336 g/mol. The number of rotatable bonds is 7. The topological polar surface area (TPSA) is 88.2 Å². The Morgan fingerprint density at radius 3 is 2.83 bits per heavy atom. The van der Waals surface area contributed by atoms with Crippen molar-refractivity contribution in [2.75, 3.05) is 19.6 Å². The van der Waals surface area contributed by atoms with Crippen LogP contribution in [-0.2, 0) is 12.8 Å². The van der Waals surface area contributed by atoms with E-state index in [0.29, 0.717) is 29.8 Å². The highest BCUT2D eigenvalue weighted by molar-refractivity contribution is 6.29. The predicted molar refractivity (Wildman–Crippen MR) is 89.7 cm³/mol. The Labute approximate surface area is 140 Å². The minimum absolute atomic E-state index is 0.507. The van der Waals surface area contributed by atoms with Gasteiger partial charge in [-0.25, -0.2) is 4.98 Å². The quantitative estimate of drug-likeness (QED) is 0.455. The fourth-order valence-electron chi connectivity index (χ4n) is 1.93. The zero-order chi connectivity index (χ0) is 16.5. The van der Waals surface area contributed by atoms with Crippen LogP contribution in [0.5, 0.6) is 0 Å². The van der Waals surface area contributed by atoms with Crippen molar-refractivity contribution >= 4 is 17.6 Å². The van der Waals surface area contributed by atoms with Crippen molar-refractivity contribution in [1.29, 1.82) is 0 Å². The lowest BCUT2D eigenvalue weighted by atomic mass is 10.2. The third-order valence-electron chi connectivity index (χ3n) is 3.00. The van der Waals surface area contributed by atoms with E-state index in [9.17, 15) is 0 Å². The minimum Gasteiger partial charge on any atom is -0.357 e. The second-order valence-corrected chi connectivity index (χ2v) is 5.30. The van der Waals surface area contributed by atoms with Crippen LogP contribution in [0, 0.1) is 6.92 Å². The van der Waals surface area contributed by atoms with Crippen molar-refractivity contribution in [1.82, 2.24) is 25.8 Å². The number of halogens is 1. The minimum atomic E-state index is 0.507. The van der Waals surface area contributed by atoms with E-state index in [2.05, 4.69) is 30.8 Å². The standard InChI is InChI=1S/C15H21ClN6O/c1-3-17-15(19-9-7-14-21-11(2)22-23-14)18-8-6-12-4-5-13(16)20-10-12/h4-5,10H,3,6-9H2,1-2H3,(H2,17,18,19). The number of guanidine groups is 1. The van der Waals surface area contributed by atoms with E-state index in [4.69, 9.17) is 16.1 Å². The number of aliphatic imine (C=N–C) groups is 1. The maximum Gasteiger partial charge on any atom is 0.228 e. The second-order valence-electron chi connectivity index (χ2n) is 4.91. The van der Waals surface area contributed by atoms with Gasteiger partial charge >= 0.3 is 0 Å². The molecule has 0 aromatic carbocycles. The summed E-state index contributed by atoms with van der Waals surface area (Å²) >= 11 is 5.77. The number of aromatic nitrogens is 3. The first-order chi connectivity index (χ1) is 11.2. The normalized spacial score (nSPS) is 11.5. The first kappa shape index (κ1) is 17.2. The van der Waals surface area contributed by atoms with E-state index in [1.165, 1.54) is 0 Å². The average Bonchev–Trinajstić information content (AvgIpc) is 2.95. The molecule has 2 N–H and O–H groups in total. The molecule has 8 heteroatoms. The zero-order valence-electron chi connectivity index (χ0n) is 13.3. The van der Waals surface area contributed by atoms with Gasteiger partial charge in [0.05, 0.1) is 6.54 Å². The Balaban J connectivity index is 1.77. The van der Waals surface area contributed by atoms with Crippen LogP contribution in [0.25, 0.3) is 0 Å². The molecule has 124 valence electrons. The van der Waals surface area contributed by atoms with Crippen LogP contribution in [-0.4, -0.2) is 40.7 Å². The lowest BCUT2D eigenvalue weighted by Crippen LogP contribution is -2.38. The van der Waals surface area contributed by atoms with Gasteiger partial charge < -0.3 is 15.2 Å². The highest BCUT2D eigenvalue weighted by Gasteiger charge is 2.02. The maximum atomic E-state index is 5.77. The third kappa shape index (κ3) is 6.23. The van der Waals surface area contributed by atoms with Crippen LogP contribution in [0.1, 0.15) is 24.2 Å². The van der Waals surface area contributed by atoms with Crippen LogP contribution in [0.15, 0.2) is 27.8 Å². The molecular formula is C15H21ClN6O. The highest BCUT2D eigenvalue weighted by Crippen LogP contribution is 2.05. The SMILES string of the molecule is CCNC(=NCCc1nc(C)no1)NCCc1ccc(Cl)nc1. The molecule has 0 saturated carbocycles. The van der Waals surface area contributed by atoms with Gasteiger partial charge in [0.15, 0.2) is 11.8 Å². The van der Waals surface area contributed by atoms with Crippen molar-refractivity contribution in [3.05, 3.63) is 40.8 Å². The van der Waals surface area contributed by atoms with Gasteiger partial charge in [-0.2, -0.15) is 4.98 Å². The van der Waals surface area contributed by atoms with Gasteiger partial charge in [0.25, 0.3) is 0 Å². The molecule has 2 aromatic rings. The predicted octanol–water partition coefficient (Wildman–Crippen LogP) is 1.77. The average molecular weight is 337 g/mol. The number of nitrogens with zero attached hydrogens (tertiary/aromatic N) is 4. The highest BCUT2D eigenvalue weighted by atomic mass is 35.5. The molecule has 2 heterocycles. The molecule has 0 atom stereocenters. The fourth-order valence-corrected chi connectivity index (χ4v) is 2.04. The summed E-state index contributed by atoms with van der Waals surface area (Å²) < 4.78 is 5.07. The maximum absolute atomic E-state index is 5.77. The van der Waals surface area contributed by atoms with E-state index < -0.39 is 0 Å². The van der Waals surface area contributed by atoms with Crippen LogP contribution < -0.4 is 10.6 Å². The summed E-state index contributed by atoms with van der Waals surface area (Å²) in [7, 11) is 0. The smallest absolute Gasteiger partial charge is 0.228 e. The van der Waals surface area contributed by atoms with Gasteiger partial charge in [0.1, 0.15) is 5.15 Å². The van der Waals surface area contributed by atoms with Crippen molar-refractivity contribution in [3.63, 3.8) is 0 Å². The van der Waals surface area contributed by atoms with Crippen LogP contribution in [0.2, 0.25) is 5.15 Å². The molecule has 0 fully saturated rings. The third-order valence-corrected chi connectivity index (χ3v) is 3.23. The summed E-state index contributed by atoms with van der Waals surface area (Å²) in [6.07, 6.45) is 3.25. The Kier molecular flexibility index (Phi) is 6.80. The van der Waals surface area contributed by atoms with Gasteiger partial charge in [-0.15, -0.1) is 0 Å². The molecule has 0 aliphatic rings. The van der Waals surface area contributed by atoms with Crippen molar-refractivity contribution < 1.29 is 4.52 Å². The summed E-state index contributed by atoms with van der Waals surface area (Å²) in [4.78, 5) is 12.7. The van der Waals surface area contributed by atoms with Crippen LogP contribution in [0.4, 0.5) is 0 Å². The molecule has 0 unspecified atom stereocenters. The molecule has 7 nitrogen and oxygen atoms in total. The molecule has 0 aliphatic carbocycles. The van der Waals surface area contributed by atoms with Crippen molar-refractivity contribution in [2.24, 2.45) is 4.99 Å². The second kappa shape index (κ2) is 9.09. The molecule has 0 bridgehead atoms. The number of aryl methyl sites for hydroxylation is 1. The Morgan fingerprint density at radius 1 is 1.30 bits per heavy atom. The summed E-state index contributed by atoms with van der Waals surface area (Å²) in [5, 5.41) is 10.8. The molecule has 0 spiro atoms. The van der Waals surface area contributed by atoms with E-state index in [1.807, 2.05) is 13.0 Å². The van der Waals surface area contributed by atoms with Gasteiger partial charge in [-0.1, -0.05) is 22.8 Å². The summed E-state index contributed by atoms with van der Waals surface area (Å²) in [5.41, 5.74) is 1.12. The molecule has 0 saturated heterocycles. The lowest BCUT2D eigenvalue weighted by molar-refractivity contribution is 0.376. The number of hydrogen-bond acceptors (Lipinski definition) is 5. The first-order valence-electron chi connectivity index (χ1n) is 7.59. The van der Waals surface area contributed by atoms with E-state index in [-0.39, 0.29) is 0 Å². The molecule has 0 radical (unpaired) electrons. The van der Waals surface area contributed by atoms with Crippen LogP contribution >= 0.6 is 11.6 Å². The van der Waals surface area contributed by atoms with Gasteiger partial charge in [-0.05, 0) is 31.9 Å². The van der Waals surface area contributed by atoms with Gasteiger partial charge in [-0.3, -0.25) is 4.99 Å². The summed E-state index contributed by atoms with van der Waals surface area (Å²) in [6.45, 7) is 5.97. The van der Waals surface area contributed by atoms with E-state index in [1.54, 1.807) is 19.2 Å². The molecule has 0 aliphatic heterocycles. The van der Waals surface area contributed by atoms with Crippen molar-refractivity contribution in [3.8, 4) is 0 Å². The summed E-state index contributed by atoms with van der Waals surface area (Å²) in [6, 6.07) is 3.77. The van der Waals surface area contributed by atoms with Gasteiger partial charge in [0.2, 0.25) is 5.89 Å². The number of hydrogen-bond donors (Lipinski definition) is 2. The summed E-state index contributed by atoms with van der Waals surface area (Å²) in [5.74, 6) is 2.02. The Bertz CT molecular complexity index is 625. The largest absolute Gasteiger partial charge is 0.357 e. The number of pyridine rings is 1. The molecule has 2 rings (SSSR count). The van der Waals surface area contributed by atoms with E-state index in [0.717, 1.165) is 31.0 Å². The van der Waals surface area contributed by atoms with Gasteiger partial charge in [0, 0.05) is 25.7 Å². The molecule has 0 amide bonds. The lowest BCUT2D eigenvalue weighted by Gasteiger charge is -2.11. The Morgan fingerprint density at radius 2 is 2.17 bits per heavy atom.